The molecule has 0 aliphatic rings. The zero-order valence-electron chi connectivity index (χ0n) is 30.8. The Kier molecular flexibility index (Phi) is 8.55. The fraction of sp³-hybridized carbons (Fsp3) is 0. The van der Waals surface area contributed by atoms with Gasteiger partial charge in [-0.15, -0.1) is 0 Å². The lowest BCUT2D eigenvalue weighted by Gasteiger charge is -2.28. The minimum atomic E-state index is 1.08. The minimum absolute atomic E-state index is 1.08. The average Bonchev–Trinajstić information content (AvgIpc) is 3.61. The van der Waals surface area contributed by atoms with Gasteiger partial charge in [-0.3, -0.25) is 0 Å². The summed E-state index contributed by atoms with van der Waals surface area (Å²) >= 11 is 0. The minimum Gasteiger partial charge on any atom is -0.310 e. The first-order valence-electron chi connectivity index (χ1n) is 19.2. The van der Waals surface area contributed by atoms with Crippen LogP contribution in [-0.4, -0.2) is 4.57 Å². The average molecular weight is 715 g/mol. The van der Waals surface area contributed by atoms with Gasteiger partial charge in [0.25, 0.3) is 0 Å². The number of fused-ring (bicyclic) bond motifs is 3. The lowest BCUT2D eigenvalue weighted by atomic mass is 9.94. The molecule has 0 spiro atoms. The maximum atomic E-state index is 2.43. The first-order valence-corrected chi connectivity index (χ1v) is 19.2. The molecule has 0 unspecified atom stereocenters. The Hall–Kier alpha value is -7.42. The van der Waals surface area contributed by atoms with Gasteiger partial charge in [0, 0.05) is 33.5 Å². The monoisotopic (exact) mass is 714 g/mol. The summed E-state index contributed by atoms with van der Waals surface area (Å²) < 4.78 is 2.40. The molecule has 0 saturated carbocycles. The maximum absolute atomic E-state index is 2.43. The van der Waals surface area contributed by atoms with E-state index in [1.807, 2.05) is 0 Å². The predicted molar refractivity (Wildman–Crippen MR) is 237 cm³/mol. The van der Waals surface area contributed by atoms with Crippen LogP contribution in [0.5, 0.6) is 0 Å². The van der Waals surface area contributed by atoms with Gasteiger partial charge in [-0.05, 0) is 105 Å². The third-order valence-corrected chi connectivity index (χ3v) is 10.7. The topological polar surface area (TPSA) is 8.17 Å². The smallest absolute Gasteiger partial charge is 0.0561 e. The van der Waals surface area contributed by atoms with Crippen molar-refractivity contribution in [1.82, 2.24) is 4.57 Å². The molecule has 0 radical (unpaired) electrons. The number of anilines is 3. The van der Waals surface area contributed by atoms with Gasteiger partial charge in [-0.1, -0.05) is 170 Å². The second-order valence-electron chi connectivity index (χ2n) is 14.2. The summed E-state index contributed by atoms with van der Waals surface area (Å²) in [5.41, 5.74) is 16.2. The molecule has 0 saturated heterocycles. The lowest BCUT2D eigenvalue weighted by Crippen LogP contribution is -2.11. The van der Waals surface area contributed by atoms with E-state index in [0.717, 1.165) is 45.0 Å². The van der Waals surface area contributed by atoms with Gasteiger partial charge in [-0.2, -0.15) is 0 Å². The Morgan fingerprint density at radius 1 is 0.268 bits per heavy atom. The molecule has 0 atom stereocenters. The zero-order valence-corrected chi connectivity index (χ0v) is 30.8. The first-order chi connectivity index (χ1) is 27.8. The number of aromatic nitrogens is 1. The van der Waals surface area contributed by atoms with Crippen molar-refractivity contribution in [2.24, 2.45) is 0 Å². The molecule has 56 heavy (non-hydrogen) atoms. The van der Waals surface area contributed by atoms with E-state index in [2.05, 4.69) is 240 Å². The van der Waals surface area contributed by atoms with E-state index in [0.29, 0.717) is 0 Å². The molecule has 2 nitrogen and oxygen atoms in total. The van der Waals surface area contributed by atoms with Crippen molar-refractivity contribution in [2.45, 2.75) is 0 Å². The van der Waals surface area contributed by atoms with Crippen molar-refractivity contribution in [3.8, 4) is 50.2 Å². The Bertz CT molecular complexity index is 2890. The Morgan fingerprint density at radius 3 is 1.41 bits per heavy atom. The van der Waals surface area contributed by atoms with Crippen LogP contribution >= 0.6 is 0 Å². The second-order valence-corrected chi connectivity index (χ2v) is 14.2. The number of hydrogen-bond acceptors (Lipinski definition) is 1. The Morgan fingerprint density at radius 2 is 0.750 bits per heavy atom. The summed E-state index contributed by atoms with van der Waals surface area (Å²) in [6.45, 7) is 0. The van der Waals surface area contributed by atoms with Crippen molar-refractivity contribution < 1.29 is 0 Å². The largest absolute Gasteiger partial charge is 0.310 e. The molecule has 2 heteroatoms. The molecule has 0 fully saturated rings. The van der Waals surface area contributed by atoms with E-state index < -0.39 is 0 Å². The van der Waals surface area contributed by atoms with Crippen molar-refractivity contribution in [3.05, 3.63) is 231 Å². The SMILES string of the molecule is c1ccc(-c2cc(-c3ccccc3)cc(N(c3cccc(-c4ccccc4-c4ccccc4)c3)c3ccc4c5ccccc5n(-c5ccccc5)c4c3)c2)cc1. The van der Waals surface area contributed by atoms with Gasteiger partial charge >= 0.3 is 0 Å². The van der Waals surface area contributed by atoms with Crippen molar-refractivity contribution in [1.29, 1.82) is 0 Å². The normalized spacial score (nSPS) is 11.2. The molecule has 9 aromatic carbocycles. The number of hydrogen-bond donors (Lipinski definition) is 0. The third kappa shape index (κ3) is 6.14. The van der Waals surface area contributed by atoms with Gasteiger partial charge in [0.2, 0.25) is 0 Å². The highest BCUT2D eigenvalue weighted by atomic mass is 15.1. The summed E-state index contributed by atoms with van der Waals surface area (Å²) in [7, 11) is 0. The predicted octanol–water partition coefficient (Wildman–Crippen LogP) is 14.9. The summed E-state index contributed by atoms with van der Waals surface area (Å²) in [6.07, 6.45) is 0. The molecule has 0 amide bonds. The maximum Gasteiger partial charge on any atom is 0.0561 e. The summed E-state index contributed by atoms with van der Waals surface area (Å²) in [5, 5.41) is 2.46. The van der Waals surface area contributed by atoms with E-state index in [-0.39, 0.29) is 0 Å². The zero-order chi connectivity index (χ0) is 37.3. The fourth-order valence-corrected chi connectivity index (χ4v) is 8.15. The van der Waals surface area contributed by atoms with E-state index in [1.54, 1.807) is 0 Å². The number of nitrogens with zero attached hydrogens (tertiary/aromatic N) is 2. The second kappa shape index (κ2) is 14.4. The van der Waals surface area contributed by atoms with Gasteiger partial charge in [0.15, 0.2) is 0 Å². The van der Waals surface area contributed by atoms with E-state index >= 15 is 0 Å². The molecule has 1 aromatic heterocycles. The highest BCUT2D eigenvalue weighted by molar-refractivity contribution is 6.10. The Balaban J connectivity index is 1.24. The van der Waals surface area contributed by atoms with Crippen LogP contribution in [0.15, 0.2) is 231 Å². The summed E-state index contributed by atoms with van der Waals surface area (Å²) in [5.74, 6) is 0. The van der Waals surface area contributed by atoms with Gasteiger partial charge in [0.05, 0.1) is 11.0 Å². The summed E-state index contributed by atoms with van der Waals surface area (Å²) in [6, 6.07) is 83.2. The molecule has 0 aliphatic heterocycles. The van der Waals surface area contributed by atoms with Crippen LogP contribution in [0, 0.1) is 0 Å². The lowest BCUT2D eigenvalue weighted by molar-refractivity contribution is 1.18. The molecule has 0 aliphatic carbocycles. The van der Waals surface area contributed by atoms with Crippen LogP contribution in [-0.2, 0) is 0 Å². The van der Waals surface area contributed by atoms with Crippen LogP contribution in [0.3, 0.4) is 0 Å². The van der Waals surface area contributed by atoms with Gasteiger partial charge in [0.1, 0.15) is 0 Å². The van der Waals surface area contributed by atoms with Crippen molar-refractivity contribution in [3.63, 3.8) is 0 Å². The highest BCUT2D eigenvalue weighted by Gasteiger charge is 2.20. The molecule has 10 aromatic rings. The molecule has 0 N–H and O–H groups in total. The molecule has 10 rings (SSSR count). The van der Waals surface area contributed by atoms with Crippen LogP contribution in [0.2, 0.25) is 0 Å². The van der Waals surface area contributed by atoms with Crippen LogP contribution < -0.4 is 4.90 Å². The van der Waals surface area contributed by atoms with Crippen LogP contribution in [0.1, 0.15) is 0 Å². The Labute approximate surface area is 327 Å². The quantitative estimate of drug-likeness (QED) is 0.152. The van der Waals surface area contributed by atoms with E-state index in [1.165, 1.54) is 44.1 Å². The number of rotatable bonds is 8. The van der Waals surface area contributed by atoms with Crippen LogP contribution in [0.25, 0.3) is 72.0 Å². The van der Waals surface area contributed by atoms with Gasteiger partial charge in [-0.25, -0.2) is 0 Å². The molecular formula is C54H38N2. The fourth-order valence-electron chi connectivity index (χ4n) is 8.15. The molecular weight excluding hydrogens is 677 g/mol. The summed E-state index contributed by atoms with van der Waals surface area (Å²) in [4.78, 5) is 2.43. The van der Waals surface area contributed by atoms with Crippen molar-refractivity contribution in [2.75, 3.05) is 4.90 Å². The molecule has 1 heterocycles. The number of para-hydroxylation sites is 2. The molecule has 264 valence electrons. The standard InChI is InChI=1S/C54H38N2/c1-5-18-39(19-6-1)43-34-44(40-20-7-2-8-21-40)37-48(36-43)55(46-27-17-24-42(35-46)50-29-14-13-28-49(50)41-22-9-3-10-23-41)47-32-33-52-51-30-15-16-31-53(51)56(54(52)38-47)45-25-11-4-12-26-45/h1-38H. The highest BCUT2D eigenvalue weighted by Crippen LogP contribution is 2.44. The third-order valence-electron chi connectivity index (χ3n) is 10.7. The van der Waals surface area contributed by atoms with Gasteiger partial charge < -0.3 is 9.47 Å². The molecule has 0 bridgehead atoms. The number of benzene rings is 9. The van der Waals surface area contributed by atoms with E-state index in [4.69, 9.17) is 0 Å². The van der Waals surface area contributed by atoms with Crippen LogP contribution in [0.4, 0.5) is 17.1 Å². The van der Waals surface area contributed by atoms with E-state index in [9.17, 15) is 0 Å². The van der Waals surface area contributed by atoms with Crippen molar-refractivity contribution >= 4 is 38.9 Å². The first kappa shape index (κ1) is 33.2.